The van der Waals surface area contributed by atoms with Gasteiger partial charge in [-0.3, -0.25) is 9.36 Å². The zero-order valence-corrected chi connectivity index (χ0v) is 21.9. The van der Waals surface area contributed by atoms with Crippen molar-refractivity contribution >= 4 is 27.9 Å². The van der Waals surface area contributed by atoms with Crippen molar-refractivity contribution in [2.24, 2.45) is 0 Å². The summed E-state index contributed by atoms with van der Waals surface area (Å²) in [7, 11) is 2.57. The highest BCUT2D eigenvalue weighted by atomic mass is 79.9. The summed E-state index contributed by atoms with van der Waals surface area (Å²) in [5.41, 5.74) is 2.71. The Morgan fingerprint density at radius 3 is 2.03 bits per heavy atom. The lowest BCUT2D eigenvalue weighted by molar-refractivity contribution is 0.0556. The number of aromatic nitrogens is 6. The highest BCUT2D eigenvalue weighted by Gasteiger charge is 2.17. The fourth-order valence-corrected chi connectivity index (χ4v) is 2.91. The first kappa shape index (κ1) is 27.5. The number of nitrogens with zero attached hydrogens (tertiary/aromatic N) is 6. The molecule has 0 unspecified atom stereocenters. The summed E-state index contributed by atoms with van der Waals surface area (Å²) >= 11 is 2.94. The molecule has 35 heavy (non-hydrogen) atoms. The summed E-state index contributed by atoms with van der Waals surface area (Å²) < 4.78 is 22.7. The molecule has 0 saturated carbocycles. The number of carbonyl (C=O) groups is 2. The zero-order valence-electron chi connectivity index (χ0n) is 20.3. The predicted octanol–water partition coefficient (Wildman–Crippen LogP) is 4.09. The molecule has 4 heterocycles. The van der Waals surface area contributed by atoms with Gasteiger partial charge in [0.2, 0.25) is 17.4 Å². The third-order valence-electron chi connectivity index (χ3n) is 4.28. The van der Waals surface area contributed by atoms with Crippen LogP contribution in [0.1, 0.15) is 46.3 Å². The molecular weight excluding hydrogens is 524 g/mol. The lowest BCUT2D eigenvalue weighted by Gasteiger charge is -1.99. The maximum Gasteiger partial charge on any atom is 0.375 e. The Kier molecular flexibility index (Phi) is 10.4. The van der Waals surface area contributed by atoms with Crippen LogP contribution in [-0.4, -0.2) is 55.7 Å². The minimum Gasteiger partial charge on any atom is -0.463 e. The molecule has 0 aliphatic carbocycles. The van der Waals surface area contributed by atoms with Crippen LogP contribution >= 0.6 is 15.9 Å². The Morgan fingerprint density at radius 2 is 1.57 bits per heavy atom. The maximum absolute atomic E-state index is 11.2. The van der Waals surface area contributed by atoms with Crippen LogP contribution in [0.25, 0.3) is 11.6 Å². The largest absolute Gasteiger partial charge is 0.463 e. The Morgan fingerprint density at radius 1 is 0.943 bits per heavy atom. The van der Waals surface area contributed by atoms with E-state index in [4.69, 9.17) is 8.83 Å². The smallest absolute Gasteiger partial charge is 0.375 e. The predicted molar refractivity (Wildman–Crippen MR) is 128 cm³/mol. The number of carbonyl (C=O) groups excluding carboxylic acids is 2. The number of methoxy groups -OCH3 is 2. The van der Waals surface area contributed by atoms with Gasteiger partial charge in [-0.1, -0.05) is 0 Å². The lowest BCUT2D eigenvalue weighted by Crippen LogP contribution is -1.99. The van der Waals surface area contributed by atoms with Gasteiger partial charge in [-0.15, -0.1) is 0 Å². The molecule has 0 saturated heterocycles. The van der Waals surface area contributed by atoms with Gasteiger partial charge >= 0.3 is 11.9 Å². The molecule has 0 N–H and O–H groups in total. The first-order valence-electron chi connectivity index (χ1n) is 10.5. The summed E-state index contributed by atoms with van der Waals surface area (Å²) in [6, 6.07) is 3.86. The van der Waals surface area contributed by atoms with Gasteiger partial charge in [0.1, 0.15) is 5.69 Å². The van der Waals surface area contributed by atoms with Gasteiger partial charge in [-0.2, -0.15) is 10.2 Å². The molecule has 4 rings (SSSR count). The van der Waals surface area contributed by atoms with Crippen molar-refractivity contribution in [2.45, 2.75) is 40.8 Å². The van der Waals surface area contributed by atoms with Crippen molar-refractivity contribution in [1.29, 1.82) is 0 Å². The Balaban J connectivity index is 0.000000204. The summed E-state index contributed by atoms with van der Waals surface area (Å²) in [4.78, 5) is 29.8. The minimum atomic E-state index is -0.539. The van der Waals surface area contributed by atoms with Gasteiger partial charge in [0.15, 0.2) is 0 Å². The molecule has 4 aromatic heterocycles. The molecule has 13 heteroatoms. The van der Waals surface area contributed by atoms with Crippen LogP contribution in [0, 0.1) is 13.8 Å². The first-order valence-corrected chi connectivity index (χ1v) is 11.3. The number of halogens is 1. The standard InChI is InChI=1S/C11H13N3O3.C6H10N2.C5H4BrNO3/c1-4-14-8(5-7(2)13-14)10-12-6-9(17-10)11(15)16-3;1-3-8-5-4-6(2)7-8;1-9-4(8)3-2-7-5(6)10-3/h5-6H,4H2,1-3H3;4-5H,3H2,1-2H3;2H,1H3. The molecule has 0 fully saturated rings. The van der Waals surface area contributed by atoms with E-state index in [1.165, 1.54) is 26.6 Å². The fourth-order valence-electron chi connectivity index (χ4n) is 2.63. The number of oxazole rings is 2. The highest BCUT2D eigenvalue weighted by Crippen LogP contribution is 2.20. The van der Waals surface area contributed by atoms with Crippen LogP contribution in [-0.2, 0) is 22.6 Å². The van der Waals surface area contributed by atoms with Gasteiger partial charge in [0.05, 0.1) is 38.0 Å². The average Bonchev–Trinajstić information content (AvgIpc) is 3.65. The number of aryl methyl sites for hydroxylation is 4. The van der Waals surface area contributed by atoms with Gasteiger partial charge in [0, 0.05) is 35.2 Å². The quantitative estimate of drug-likeness (QED) is 0.333. The molecule has 0 aliphatic heterocycles. The molecule has 0 bridgehead atoms. The van der Waals surface area contributed by atoms with Gasteiger partial charge in [0.25, 0.3) is 4.80 Å². The Bertz CT molecular complexity index is 1240. The zero-order chi connectivity index (χ0) is 26.0. The van der Waals surface area contributed by atoms with Crippen LogP contribution in [0.3, 0.4) is 0 Å². The van der Waals surface area contributed by atoms with E-state index < -0.39 is 11.9 Å². The summed E-state index contributed by atoms with van der Waals surface area (Å²) in [5, 5.41) is 8.43. The van der Waals surface area contributed by atoms with Crippen molar-refractivity contribution in [1.82, 2.24) is 29.5 Å². The molecular formula is C22H27BrN6O6. The highest BCUT2D eigenvalue weighted by molar-refractivity contribution is 9.10. The van der Waals surface area contributed by atoms with Crippen molar-refractivity contribution in [3.05, 3.63) is 58.4 Å². The van der Waals surface area contributed by atoms with Crippen LogP contribution in [0.15, 0.2) is 44.4 Å². The minimum absolute atomic E-state index is 0.0870. The molecule has 0 amide bonds. The van der Waals surface area contributed by atoms with E-state index in [0.717, 1.165) is 23.6 Å². The monoisotopic (exact) mass is 550 g/mol. The van der Waals surface area contributed by atoms with E-state index in [1.54, 1.807) is 4.68 Å². The number of rotatable bonds is 5. The van der Waals surface area contributed by atoms with Crippen molar-refractivity contribution < 1.29 is 27.9 Å². The molecule has 188 valence electrons. The molecule has 0 atom stereocenters. The number of esters is 2. The number of hydrogen-bond acceptors (Lipinski definition) is 10. The van der Waals surface area contributed by atoms with Crippen LogP contribution < -0.4 is 0 Å². The second kappa shape index (κ2) is 13.2. The summed E-state index contributed by atoms with van der Waals surface area (Å²) in [5.74, 6) is -0.521. The van der Waals surface area contributed by atoms with E-state index >= 15 is 0 Å². The molecule has 0 aromatic carbocycles. The number of hydrogen-bond donors (Lipinski definition) is 0. The van der Waals surface area contributed by atoms with Gasteiger partial charge in [-0.05, 0) is 39.8 Å². The first-order chi connectivity index (χ1) is 16.7. The Labute approximate surface area is 210 Å². The maximum atomic E-state index is 11.2. The third kappa shape index (κ3) is 7.91. The van der Waals surface area contributed by atoms with Crippen molar-refractivity contribution in [3.63, 3.8) is 0 Å². The van der Waals surface area contributed by atoms with E-state index in [-0.39, 0.29) is 16.3 Å². The van der Waals surface area contributed by atoms with Crippen LogP contribution in [0.5, 0.6) is 0 Å². The molecule has 0 spiro atoms. The molecule has 0 radical (unpaired) electrons. The van der Waals surface area contributed by atoms with Crippen molar-refractivity contribution in [3.8, 4) is 11.6 Å². The van der Waals surface area contributed by atoms with E-state index in [0.29, 0.717) is 12.4 Å². The average molecular weight is 551 g/mol. The van der Waals surface area contributed by atoms with Crippen LogP contribution in [0.4, 0.5) is 0 Å². The fraction of sp³-hybridized carbons (Fsp3) is 0.364. The third-order valence-corrected chi connectivity index (χ3v) is 4.64. The second-order valence-electron chi connectivity index (χ2n) is 6.79. The second-order valence-corrected chi connectivity index (χ2v) is 7.47. The van der Waals surface area contributed by atoms with E-state index in [1.807, 2.05) is 43.8 Å². The normalized spacial score (nSPS) is 10.0. The van der Waals surface area contributed by atoms with E-state index in [2.05, 4.69) is 52.5 Å². The van der Waals surface area contributed by atoms with Gasteiger partial charge in [-0.25, -0.2) is 19.6 Å². The Hall–Kier alpha value is -3.74. The summed E-state index contributed by atoms with van der Waals surface area (Å²) in [6.45, 7) is 9.60. The van der Waals surface area contributed by atoms with Crippen molar-refractivity contribution in [2.75, 3.05) is 14.2 Å². The topological polar surface area (TPSA) is 140 Å². The molecule has 4 aromatic rings. The van der Waals surface area contributed by atoms with E-state index in [9.17, 15) is 9.59 Å². The number of ether oxygens (including phenoxy) is 2. The molecule has 0 aliphatic rings. The SMILES string of the molecule is CCn1ccc(C)n1.CCn1nc(C)cc1-c1ncc(C(=O)OC)o1.COC(=O)c1cnc(Br)o1. The van der Waals surface area contributed by atoms with Gasteiger partial charge < -0.3 is 18.3 Å². The lowest BCUT2D eigenvalue weighted by atomic mass is 10.3. The summed E-state index contributed by atoms with van der Waals surface area (Å²) in [6.07, 6.45) is 4.62. The molecule has 12 nitrogen and oxygen atoms in total. The van der Waals surface area contributed by atoms with Crippen LogP contribution in [0.2, 0.25) is 0 Å².